The second kappa shape index (κ2) is 7.87. The van der Waals surface area contributed by atoms with E-state index in [1.54, 1.807) is 18.6 Å². The Morgan fingerprint density at radius 2 is 1.90 bits per heavy atom. The number of amides is 1. The van der Waals surface area contributed by atoms with E-state index in [0.717, 1.165) is 16.4 Å². The van der Waals surface area contributed by atoms with Gasteiger partial charge in [-0.25, -0.2) is 9.67 Å². The maximum atomic E-state index is 12.9. The van der Waals surface area contributed by atoms with Gasteiger partial charge in [0.25, 0.3) is 5.56 Å². The van der Waals surface area contributed by atoms with Crippen LogP contribution in [0.25, 0.3) is 21.8 Å². The minimum Gasteiger partial charge on any atom is -0.350 e. The van der Waals surface area contributed by atoms with Crippen LogP contribution < -0.4 is 10.9 Å². The van der Waals surface area contributed by atoms with Gasteiger partial charge in [0, 0.05) is 11.4 Å². The molecule has 4 rings (SSSR count). The largest absolute Gasteiger partial charge is 0.350 e. The minimum atomic E-state index is -0.419. The molecular weight excluding hydrogens is 366 g/mol. The van der Waals surface area contributed by atoms with E-state index in [9.17, 15) is 9.59 Å². The maximum Gasteiger partial charge on any atom is 0.274 e. The highest BCUT2D eigenvalue weighted by molar-refractivity contribution is 5.84. The second-order valence-corrected chi connectivity index (χ2v) is 7.15. The van der Waals surface area contributed by atoms with Crippen LogP contribution in [0.4, 0.5) is 0 Å². The van der Waals surface area contributed by atoms with Crippen LogP contribution in [0.3, 0.4) is 0 Å². The summed E-state index contributed by atoms with van der Waals surface area (Å²) in [5, 5.41) is 8.77. The van der Waals surface area contributed by atoms with Crippen molar-refractivity contribution in [3.05, 3.63) is 71.4 Å². The van der Waals surface area contributed by atoms with Crippen molar-refractivity contribution in [2.45, 2.75) is 38.9 Å². The third-order valence-corrected chi connectivity index (χ3v) is 5.27. The molecule has 2 aromatic carbocycles. The summed E-state index contributed by atoms with van der Waals surface area (Å²) in [5.74, 6) is -0.117. The van der Waals surface area contributed by atoms with Crippen LogP contribution in [0.2, 0.25) is 0 Å². The number of fused-ring (bicyclic) bond motifs is 2. The van der Waals surface area contributed by atoms with Crippen LogP contribution in [0.5, 0.6) is 0 Å². The normalized spacial score (nSPS) is 13.4. The summed E-state index contributed by atoms with van der Waals surface area (Å²) in [7, 11) is 0. The number of hydrogen-bond acceptors (Lipinski definition) is 4. The van der Waals surface area contributed by atoms with Crippen LogP contribution in [-0.4, -0.2) is 31.3 Å². The first-order valence-electron chi connectivity index (χ1n) is 9.75. The van der Waals surface area contributed by atoms with Gasteiger partial charge in [0.15, 0.2) is 0 Å². The molecule has 1 amide bonds. The lowest BCUT2D eigenvalue weighted by Gasteiger charge is -2.21. The quantitative estimate of drug-likeness (QED) is 0.550. The average Bonchev–Trinajstić information content (AvgIpc) is 3.18. The molecular formula is C22H23N5O2. The Hall–Kier alpha value is -3.48. The fraction of sp³-hybridized carbons (Fsp3) is 0.273. The molecule has 0 saturated carbocycles. The van der Waals surface area contributed by atoms with E-state index in [0.29, 0.717) is 18.4 Å². The number of carbonyl (C=O) groups excluding carboxylic acids is 1. The summed E-state index contributed by atoms with van der Waals surface area (Å²) in [6.45, 7) is 4.15. The van der Waals surface area contributed by atoms with E-state index in [2.05, 4.69) is 15.4 Å². The molecule has 0 bridgehead atoms. The molecule has 0 radical (unpaired) electrons. The molecule has 7 heteroatoms. The number of imidazole rings is 1. The SMILES string of the molecule is CC[C@H](Cn1ncc2ccccc2c1=O)NC(=O)[C@H](C)n1cnc2ccccc21. The first-order chi connectivity index (χ1) is 14.1. The number of nitrogens with one attached hydrogen (secondary N) is 1. The van der Waals surface area contributed by atoms with E-state index in [4.69, 9.17) is 0 Å². The summed E-state index contributed by atoms with van der Waals surface area (Å²) in [4.78, 5) is 29.9. The Morgan fingerprint density at radius 3 is 2.72 bits per heavy atom. The Balaban J connectivity index is 1.52. The molecule has 0 spiro atoms. The van der Waals surface area contributed by atoms with E-state index in [-0.39, 0.29) is 17.5 Å². The van der Waals surface area contributed by atoms with E-state index < -0.39 is 6.04 Å². The molecule has 7 nitrogen and oxygen atoms in total. The number of nitrogens with zero attached hydrogens (tertiary/aromatic N) is 4. The van der Waals surface area contributed by atoms with Crippen LogP contribution in [0.15, 0.2) is 65.8 Å². The lowest BCUT2D eigenvalue weighted by molar-refractivity contribution is -0.124. The van der Waals surface area contributed by atoms with Crippen LogP contribution in [-0.2, 0) is 11.3 Å². The van der Waals surface area contributed by atoms with Gasteiger partial charge in [-0.05, 0) is 31.5 Å². The zero-order valence-electron chi connectivity index (χ0n) is 16.4. The van der Waals surface area contributed by atoms with Crippen molar-refractivity contribution in [3.63, 3.8) is 0 Å². The molecule has 0 fully saturated rings. The summed E-state index contributed by atoms with van der Waals surface area (Å²) in [5.41, 5.74) is 1.62. The molecule has 0 aliphatic heterocycles. The van der Waals surface area contributed by atoms with Crippen molar-refractivity contribution >= 4 is 27.7 Å². The zero-order valence-corrected chi connectivity index (χ0v) is 16.4. The molecule has 0 aliphatic rings. The lowest BCUT2D eigenvalue weighted by Crippen LogP contribution is -2.43. The Labute approximate surface area is 168 Å². The molecule has 2 heterocycles. The van der Waals surface area contributed by atoms with Crippen LogP contribution in [0, 0.1) is 0 Å². The Kier molecular flexibility index (Phi) is 5.12. The predicted octanol–water partition coefficient (Wildman–Crippen LogP) is 2.90. The van der Waals surface area contributed by atoms with Crippen molar-refractivity contribution in [2.75, 3.05) is 0 Å². The van der Waals surface area contributed by atoms with Crippen LogP contribution >= 0.6 is 0 Å². The topological polar surface area (TPSA) is 81.8 Å². The highest BCUT2D eigenvalue weighted by atomic mass is 16.2. The predicted molar refractivity (Wildman–Crippen MR) is 113 cm³/mol. The monoisotopic (exact) mass is 389 g/mol. The summed E-state index contributed by atoms with van der Waals surface area (Å²) >= 11 is 0. The number of benzene rings is 2. The Bertz CT molecular complexity index is 1230. The van der Waals surface area contributed by atoms with Gasteiger partial charge in [0.2, 0.25) is 5.91 Å². The van der Waals surface area contributed by atoms with E-state index in [1.807, 2.05) is 60.9 Å². The van der Waals surface area contributed by atoms with Crippen molar-refractivity contribution in [3.8, 4) is 0 Å². The number of carbonyl (C=O) groups is 1. The van der Waals surface area contributed by atoms with Gasteiger partial charge in [-0.15, -0.1) is 0 Å². The van der Waals surface area contributed by atoms with E-state index >= 15 is 0 Å². The third kappa shape index (κ3) is 3.63. The van der Waals surface area contributed by atoms with Gasteiger partial charge in [0.1, 0.15) is 6.04 Å². The second-order valence-electron chi connectivity index (χ2n) is 7.15. The first-order valence-corrected chi connectivity index (χ1v) is 9.75. The van der Waals surface area contributed by atoms with Crippen molar-refractivity contribution < 1.29 is 4.79 Å². The minimum absolute atomic E-state index is 0.117. The van der Waals surface area contributed by atoms with Crippen molar-refractivity contribution in [2.24, 2.45) is 0 Å². The van der Waals surface area contributed by atoms with Crippen molar-refractivity contribution in [1.82, 2.24) is 24.6 Å². The molecule has 0 saturated heterocycles. The molecule has 1 N–H and O–H groups in total. The third-order valence-electron chi connectivity index (χ3n) is 5.27. The summed E-state index contributed by atoms with van der Waals surface area (Å²) in [6, 6.07) is 14.5. The van der Waals surface area contributed by atoms with Gasteiger partial charge in [-0.2, -0.15) is 5.10 Å². The van der Waals surface area contributed by atoms with Gasteiger partial charge in [-0.3, -0.25) is 9.59 Å². The molecule has 2 atom stereocenters. The van der Waals surface area contributed by atoms with Gasteiger partial charge in [-0.1, -0.05) is 37.3 Å². The highest BCUT2D eigenvalue weighted by Crippen LogP contribution is 2.17. The first kappa shape index (κ1) is 18.9. The number of aromatic nitrogens is 4. The van der Waals surface area contributed by atoms with E-state index in [1.165, 1.54) is 4.68 Å². The smallest absolute Gasteiger partial charge is 0.274 e. The molecule has 0 aliphatic carbocycles. The lowest BCUT2D eigenvalue weighted by atomic mass is 10.2. The zero-order chi connectivity index (χ0) is 20.4. The van der Waals surface area contributed by atoms with Gasteiger partial charge in [0.05, 0.1) is 35.5 Å². The number of hydrogen-bond donors (Lipinski definition) is 1. The van der Waals surface area contributed by atoms with Crippen molar-refractivity contribution in [1.29, 1.82) is 0 Å². The number of rotatable bonds is 6. The standard InChI is InChI=1S/C22H23N5O2/c1-3-17(13-27-22(29)18-9-5-4-8-16(18)12-24-27)25-21(28)15(2)26-14-23-19-10-6-7-11-20(19)26/h4-12,14-15,17H,3,13H2,1-2H3,(H,25,28)/t15-,17+/m0/s1. The molecule has 4 aromatic rings. The van der Waals surface area contributed by atoms with Crippen LogP contribution in [0.1, 0.15) is 26.3 Å². The fourth-order valence-electron chi connectivity index (χ4n) is 3.48. The fourth-order valence-corrected chi connectivity index (χ4v) is 3.48. The summed E-state index contributed by atoms with van der Waals surface area (Å²) < 4.78 is 3.28. The molecule has 0 unspecified atom stereocenters. The summed E-state index contributed by atoms with van der Waals surface area (Å²) in [6.07, 6.45) is 4.06. The maximum absolute atomic E-state index is 12.9. The highest BCUT2D eigenvalue weighted by Gasteiger charge is 2.20. The molecule has 29 heavy (non-hydrogen) atoms. The average molecular weight is 389 g/mol. The molecule has 148 valence electrons. The van der Waals surface area contributed by atoms with Gasteiger partial charge < -0.3 is 9.88 Å². The number of para-hydroxylation sites is 2. The van der Waals surface area contributed by atoms with Gasteiger partial charge >= 0.3 is 0 Å². The molecule has 2 aromatic heterocycles. The Morgan fingerprint density at radius 1 is 1.14 bits per heavy atom.